The van der Waals surface area contributed by atoms with Gasteiger partial charge in [0.05, 0.1) is 0 Å². The Morgan fingerprint density at radius 2 is 2.00 bits per heavy atom. The zero-order valence-corrected chi connectivity index (χ0v) is 11.6. The van der Waals surface area contributed by atoms with E-state index in [1.54, 1.807) is 0 Å². The summed E-state index contributed by atoms with van der Waals surface area (Å²) >= 11 is 1.24. The smallest absolute Gasteiger partial charge is 0.330 e. The van der Waals surface area contributed by atoms with E-state index in [9.17, 15) is 9.59 Å². The number of carbonyl (C=O) groups excluding carboxylic acids is 2. The lowest BCUT2D eigenvalue weighted by Crippen LogP contribution is -2.09. The fourth-order valence-corrected chi connectivity index (χ4v) is 1.97. The zero-order valence-electron chi connectivity index (χ0n) is 10.7. The van der Waals surface area contributed by atoms with Gasteiger partial charge in [-0.3, -0.25) is 4.79 Å². The Morgan fingerprint density at radius 1 is 1.29 bits per heavy atom. The highest BCUT2D eigenvalue weighted by molar-refractivity contribution is 8.13. The molecule has 0 rings (SSSR count). The predicted octanol–water partition coefficient (Wildman–Crippen LogP) is 3.19. The number of unbranched alkanes of at least 4 members (excludes halogenated alkanes) is 2. The van der Waals surface area contributed by atoms with E-state index in [1.165, 1.54) is 24.6 Å². The minimum absolute atomic E-state index is 0.0935. The summed E-state index contributed by atoms with van der Waals surface area (Å²) in [7, 11) is 0. The number of ether oxygens (including phenoxy) is 1. The van der Waals surface area contributed by atoms with Crippen molar-refractivity contribution in [2.45, 2.75) is 39.5 Å². The first-order chi connectivity index (χ1) is 8.06. The number of hydrogen-bond acceptors (Lipinski definition) is 4. The third-order valence-corrected chi connectivity index (χ3v) is 3.12. The van der Waals surface area contributed by atoms with Crippen LogP contribution in [0.25, 0.3) is 0 Å². The Balaban J connectivity index is 3.33. The van der Waals surface area contributed by atoms with Crippen LogP contribution >= 0.6 is 11.8 Å². The maximum absolute atomic E-state index is 11.3. The summed E-state index contributed by atoms with van der Waals surface area (Å²) in [6.07, 6.45) is 5.72. The second-order valence-corrected chi connectivity index (χ2v) is 5.43. The minimum Gasteiger partial charge on any atom is -0.454 e. The summed E-state index contributed by atoms with van der Waals surface area (Å²) in [5.41, 5.74) is 0. The molecule has 4 heteroatoms. The Kier molecular flexibility index (Phi) is 9.92. The Hall–Kier alpha value is -0.770. The number of thioether (sulfide) groups is 1. The van der Waals surface area contributed by atoms with E-state index in [1.807, 2.05) is 0 Å². The van der Waals surface area contributed by atoms with Crippen molar-refractivity contribution in [1.82, 2.24) is 0 Å². The molecule has 0 amide bonds. The monoisotopic (exact) mass is 258 g/mol. The molecule has 0 aliphatic rings. The molecule has 17 heavy (non-hydrogen) atoms. The first kappa shape index (κ1) is 16.2. The molecule has 0 unspecified atom stereocenters. The summed E-state index contributed by atoms with van der Waals surface area (Å²) in [6, 6.07) is 0. The van der Waals surface area contributed by atoms with Crippen LogP contribution in [0.2, 0.25) is 0 Å². The largest absolute Gasteiger partial charge is 0.454 e. The molecule has 0 atom stereocenters. The number of esters is 1. The maximum Gasteiger partial charge on any atom is 0.330 e. The average molecular weight is 258 g/mol. The standard InChI is InChI=1S/C13H22O3S/c1-4-12(14)16-10-13(15)17-9-7-5-6-8-11(2)3/h4,11H,1,5-10H2,2-3H3. The van der Waals surface area contributed by atoms with Gasteiger partial charge in [-0.25, -0.2) is 4.79 Å². The van der Waals surface area contributed by atoms with Crippen molar-refractivity contribution in [3.63, 3.8) is 0 Å². The van der Waals surface area contributed by atoms with Crippen molar-refractivity contribution in [3.05, 3.63) is 12.7 Å². The molecular formula is C13H22O3S. The Morgan fingerprint density at radius 3 is 2.59 bits per heavy atom. The highest BCUT2D eigenvalue weighted by Crippen LogP contribution is 2.11. The Labute approximate surface area is 108 Å². The molecule has 0 fully saturated rings. The van der Waals surface area contributed by atoms with Gasteiger partial charge in [0.2, 0.25) is 5.12 Å². The molecule has 0 aromatic heterocycles. The van der Waals surface area contributed by atoms with Crippen molar-refractivity contribution in [1.29, 1.82) is 0 Å². The molecule has 0 heterocycles. The SMILES string of the molecule is C=CC(=O)OCC(=O)SCCCCCC(C)C. The topological polar surface area (TPSA) is 43.4 Å². The van der Waals surface area contributed by atoms with E-state index in [0.29, 0.717) is 0 Å². The molecule has 0 aliphatic carbocycles. The van der Waals surface area contributed by atoms with Crippen LogP contribution in [-0.2, 0) is 14.3 Å². The molecule has 0 aromatic carbocycles. The lowest BCUT2D eigenvalue weighted by molar-refractivity contribution is -0.140. The van der Waals surface area contributed by atoms with Crippen LogP contribution in [0.5, 0.6) is 0 Å². The highest BCUT2D eigenvalue weighted by atomic mass is 32.2. The van der Waals surface area contributed by atoms with Crippen molar-refractivity contribution >= 4 is 22.8 Å². The van der Waals surface area contributed by atoms with Crippen LogP contribution in [0.15, 0.2) is 12.7 Å². The fourth-order valence-electron chi connectivity index (χ4n) is 1.25. The van der Waals surface area contributed by atoms with E-state index < -0.39 is 5.97 Å². The third kappa shape index (κ3) is 11.5. The molecule has 0 radical (unpaired) electrons. The van der Waals surface area contributed by atoms with Gasteiger partial charge in [0, 0.05) is 11.8 Å². The van der Waals surface area contributed by atoms with E-state index in [0.717, 1.165) is 30.6 Å². The number of rotatable bonds is 9. The Bertz CT molecular complexity index is 249. The van der Waals surface area contributed by atoms with Crippen LogP contribution in [0, 0.1) is 5.92 Å². The van der Waals surface area contributed by atoms with Gasteiger partial charge < -0.3 is 4.74 Å². The molecule has 0 bridgehead atoms. The summed E-state index contributed by atoms with van der Waals surface area (Å²) in [5, 5.41) is -0.0935. The van der Waals surface area contributed by atoms with Gasteiger partial charge >= 0.3 is 5.97 Å². The molecule has 3 nitrogen and oxygen atoms in total. The molecule has 0 N–H and O–H groups in total. The van der Waals surface area contributed by atoms with Gasteiger partial charge in [-0.05, 0) is 12.3 Å². The van der Waals surface area contributed by atoms with Gasteiger partial charge in [-0.15, -0.1) is 0 Å². The highest BCUT2D eigenvalue weighted by Gasteiger charge is 2.05. The van der Waals surface area contributed by atoms with Crippen molar-refractivity contribution < 1.29 is 14.3 Å². The second kappa shape index (κ2) is 10.4. The van der Waals surface area contributed by atoms with Gasteiger partial charge in [0.1, 0.15) is 0 Å². The lowest BCUT2D eigenvalue weighted by atomic mass is 10.1. The predicted molar refractivity (Wildman–Crippen MR) is 71.9 cm³/mol. The van der Waals surface area contributed by atoms with Crippen molar-refractivity contribution in [2.24, 2.45) is 5.92 Å². The van der Waals surface area contributed by atoms with Crippen LogP contribution < -0.4 is 0 Å². The first-order valence-corrected chi connectivity index (χ1v) is 6.99. The number of carbonyl (C=O) groups is 2. The van der Waals surface area contributed by atoms with Gasteiger partial charge in [0.25, 0.3) is 0 Å². The van der Waals surface area contributed by atoms with Crippen molar-refractivity contribution in [2.75, 3.05) is 12.4 Å². The second-order valence-electron chi connectivity index (χ2n) is 4.28. The molecule has 0 aromatic rings. The fraction of sp³-hybridized carbons (Fsp3) is 0.692. The van der Waals surface area contributed by atoms with Gasteiger partial charge in [-0.1, -0.05) is 51.5 Å². The quantitative estimate of drug-likeness (QED) is 0.362. The van der Waals surface area contributed by atoms with Crippen LogP contribution in [0.4, 0.5) is 0 Å². The van der Waals surface area contributed by atoms with Crippen LogP contribution in [-0.4, -0.2) is 23.4 Å². The zero-order chi connectivity index (χ0) is 13.1. The summed E-state index contributed by atoms with van der Waals surface area (Å²) in [6.45, 7) is 7.53. The molecule has 0 saturated heterocycles. The van der Waals surface area contributed by atoms with Gasteiger partial charge in [-0.2, -0.15) is 0 Å². The third-order valence-electron chi connectivity index (χ3n) is 2.19. The maximum atomic E-state index is 11.3. The van der Waals surface area contributed by atoms with E-state index >= 15 is 0 Å². The van der Waals surface area contributed by atoms with E-state index in [-0.39, 0.29) is 11.7 Å². The normalized spacial score (nSPS) is 10.3. The first-order valence-electron chi connectivity index (χ1n) is 6.01. The molecule has 98 valence electrons. The van der Waals surface area contributed by atoms with E-state index in [2.05, 4.69) is 25.2 Å². The molecule has 0 spiro atoms. The summed E-state index contributed by atoms with van der Waals surface area (Å²) in [5.74, 6) is 1.02. The van der Waals surface area contributed by atoms with E-state index in [4.69, 9.17) is 0 Å². The lowest BCUT2D eigenvalue weighted by Gasteiger charge is -2.04. The van der Waals surface area contributed by atoms with Crippen LogP contribution in [0.3, 0.4) is 0 Å². The number of hydrogen-bond donors (Lipinski definition) is 0. The minimum atomic E-state index is -0.545. The van der Waals surface area contributed by atoms with Crippen LogP contribution in [0.1, 0.15) is 39.5 Å². The summed E-state index contributed by atoms with van der Waals surface area (Å²) < 4.78 is 4.64. The molecule has 0 aliphatic heterocycles. The van der Waals surface area contributed by atoms with Gasteiger partial charge in [0.15, 0.2) is 6.61 Å². The summed E-state index contributed by atoms with van der Waals surface area (Å²) in [4.78, 5) is 21.9. The molecular weight excluding hydrogens is 236 g/mol. The molecule has 0 saturated carbocycles. The van der Waals surface area contributed by atoms with Crippen molar-refractivity contribution in [3.8, 4) is 0 Å². The average Bonchev–Trinajstić information content (AvgIpc) is 2.30.